The van der Waals surface area contributed by atoms with Crippen LogP contribution >= 0.6 is 0 Å². The molecule has 0 saturated carbocycles. The number of benzene rings is 1. The quantitative estimate of drug-likeness (QED) is 0.875. The maximum atomic E-state index is 6.21. The van der Waals surface area contributed by atoms with E-state index < -0.39 is 0 Å². The van der Waals surface area contributed by atoms with Crippen LogP contribution in [-0.2, 0) is 17.6 Å². The van der Waals surface area contributed by atoms with Crippen molar-refractivity contribution in [1.29, 1.82) is 0 Å². The van der Waals surface area contributed by atoms with Crippen molar-refractivity contribution in [3.63, 3.8) is 0 Å². The molecule has 2 N–H and O–H groups in total. The van der Waals surface area contributed by atoms with Crippen LogP contribution < -0.4 is 5.73 Å². The fourth-order valence-corrected chi connectivity index (χ4v) is 3.23. The third-order valence-corrected chi connectivity index (χ3v) is 4.54. The second-order valence-electron chi connectivity index (χ2n) is 5.86. The Hall–Kier alpha value is -0.900. The van der Waals surface area contributed by atoms with E-state index in [0.29, 0.717) is 12.0 Å². The third kappa shape index (κ3) is 3.16. The number of nitrogens with two attached hydrogens (primary N) is 1. The topological polar surface area (TPSA) is 38.5 Å². The lowest BCUT2D eigenvalue weighted by molar-refractivity contribution is 0.0266. The summed E-state index contributed by atoms with van der Waals surface area (Å²) in [6.07, 6.45) is 3.34. The molecule has 2 unspecified atom stereocenters. The Labute approximate surface area is 115 Å². The van der Waals surface area contributed by atoms with Crippen molar-refractivity contribution in [2.75, 3.05) is 32.8 Å². The SMILES string of the molecule is NC1CCOCC1CN1CCc2ccccc2CC1. The fraction of sp³-hybridized carbons (Fsp3) is 0.625. The molecule has 0 radical (unpaired) electrons. The molecule has 19 heavy (non-hydrogen) atoms. The number of fused-ring (bicyclic) bond motifs is 1. The van der Waals surface area contributed by atoms with E-state index in [1.807, 2.05) is 0 Å². The summed E-state index contributed by atoms with van der Waals surface area (Å²) in [5.41, 5.74) is 9.26. The summed E-state index contributed by atoms with van der Waals surface area (Å²) in [6, 6.07) is 9.17. The molecule has 2 atom stereocenters. The Morgan fingerprint density at radius 1 is 1.16 bits per heavy atom. The molecule has 1 aromatic carbocycles. The van der Waals surface area contributed by atoms with E-state index in [4.69, 9.17) is 10.5 Å². The van der Waals surface area contributed by atoms with Gasteiger partial charge in [-0.3, -0.25) is 0 Å². The zero-order chi connectivity index (χ0) is 13.1. The molecule has 104 valence electrons. The second kappa shape index (κ2) is 6.04. The first-order chi connectivity index (χ1) is 9.33. The molecule has 2 aliphatic heterocycles. The van der Waals surface area contributed by atoms with Crippen LogP contribution in [0, 0.1) is 5.92 Å². The van der Waals surface area contributed by atoms with E-state index >= 15 is 0 Å². The Morgan fingerprint density at radius 2 is 1.84 bits per heavy atom. The Kier molecular flexibility index (Phi) is 4.16. The predicted octanol–water partition coefficient (Wildman–Crippen LogP) is 1.45. The van der Waals surface area contributed by atoms with Crippen LogP contribution in [0.2, 0.25) is 0 Å². The average molecular weight is 260 g/mol. The van der Waals surface area contributed by atoms with Crippen LogP contribution in [0.15, 0.2) is 24.3 Å². The highest BCUT2D eigenvalue weighted by molar-refractivity contribution is 5.28. The number of ether oxygens (including phenoxy) is 1. The molecule has 0 spiro atoms. The molecule has 2 heterocycles. The highest BCUT2D eigenvalue weighted by Gasteiger charge is 2.25. The van der Waals surface area contributed by atoms with E-state index in [1.54, 1.807) is 0 Å². The van der Waals surface area contributed by atoms with Gasteiger partial charge in [-0.25, -0.2) is 0 Å². The van der Waals surface area contributed by atoms with Crippen molar-refractivity contribution in [1.82, 2.24) is 4.90 Å². The van der Waals surface area contributed by atoms with E-state index in [-0.39, 0.29) is 0 Å². The molecule has 3 heteroatoms. The maximum absolute atomic E-state index is 6.21. The zero-order valence-corrected chi connectivity index (χ0v) is 11.6. The van der Waals surface area contributed by atoms with Gasteiger partial charge in [0.2, 0.25) is 0 Å². The minimum Gasteiger partial charge on any atom is -0.381 e. The number of hydrogen-bond acceptors (Lipinski definition) is 3. The van der Waals surface area contributed by atoms with Gasteiger partial charge < -0.3 is 15.4 Å². The minimum atomic E-state index is 0.319. The van der Waals surface area contributed by atoms with Crippen LogP contribution in [-0.4, -0.2) is 43.8 Å². The van der Waals surface area contributed by atoms with Crippen molar-refractivity contribution in [2.24, 2.45) is 11.7 Å². The largest absolute Gasteiger partial charge is 0.381 e. The lowest BCUT2D eigenvalue weighted by Crippen LogP contribution is -2.45. The van der Waals surface area contributed by atoms with Crippen molar-refractivity contribution in [3.8, 4) is 0 Å². The molecule has 0 amide bonds. The van der Waals surface area contributed by atoms with Gasteiger partial charge in [-0.2, -0.15) is 0 Å². The van der Waals surface area contributed by atoms with E-state index in [1.165, 1.54) is 24.0 Å². The number of hydrogen-bond donors (Lipinski definition) is 1. The second-order valence-corrected chi connectivity index (χ2v) is 5.86. The van der Waals surface area contributed by atoms with Gasteiger partial charge in [0.15, 0.2) is 0 Å². The van der Waals surface area contributed by atoms with Crippen LogP contribution in [0.25, 0.3) is 0 Å². The summed E-state index contributed by atoms with van der Waals surface area (Å²) in [6.45, 7) is 5.07. The third-order valence-electron chi connectivity index (χ3n) is 4.54. The Balaban J connectivity index is 1.59. The standard InChI is InChI=1S/C16H24N2O/c17-16-7-10-19-12-15(16)11-18-8-5-13-3-1-2-4-14(13)6-9-18/h1-4,15-16H,5-12,17H2. The summed E-state index contributed by atoms with van der Waals surface area (Å²) < 4.78 is 5.58. The van der Waals surface area contributed by atoms with Crippen LogP contribution in [0.4, 0.5) is 0 Å². The van der Waals surface area contributed by atoms with Crippen molar-refractivity contribution >= 4 is 0 Å². The molecule has 2 aliphatic rings. The molecular weight excluding hydrogens is 236 g/mol. The molecular formula is C16H24N2O. The van der Waals surface area contributed by atoms with Gasteiger partial charge in [-0.05, 0) is 30.4 Å². The molecule has 3 nitrogen and oxygen atoms in total. The zero-order valence-electron chi connectivity index (χ0n) is 11.6. The maximum Gasteiger partial charge on any atom is 0.0521 e. The highest BCUT2D eigenvalue weighted by atomic mass is 16.5. The summed E-state index contributed by atoms with van der Waals surface area (Å²) in [4.78, 5) is 2.57. The van der Waals surface area contributed by atoms with Crippen molar-refractivity contribution in [2.45, 2.75) is 25.3 Å². The monoisotopic (exact) mass is 260 g/mol. The van der Waals surface area contributed by atoms with Gasteiger partial charge in [-0.15, -0.1) is 0 Å². The van der Waals surface area contributed by atoms with E-state index in [9.17, 15) is 0 Å². The molecule has 0 aromatic heterocycles. The summed E-state index contributed by atoms with van der Waals surface area (Å²) in [7, 11) is 0. The van der Waals surface area contributed by atoms with Gasteiger partial charge >= 0.3 is 0 Å². The molecule has 3 rings (SSSR count). The van der Waals surface area contributed by atoms with E-state index in [2.05, 4.69) is 29.2 Å². The van der Waals surface area contributed by atoms with Gasteiger partial charge in [0.05, 0.1) is 6.61 Å². The lowest BCUT2D eigenvalue weighted by Gasteiger charge is -2.33. The predicted molar refractivity (Wildman–Crippen MR) is 77.2 cm³/mol. The van der Waals surface area contributed by atoms with Gasteiger partial charge in [0.25, 0.3) is 0 Å². The average Bonchev–Trinajstić information content (AvgIpc) is 2.64. The van der Waals surface area contributed by atoms with Crippen LogP contribution in [0.5, 0.6) is 0 Å². The molecule has 0 aliphatic carbocycles. The summed E-state index contributed by atoms with van der Waals surface area (Å²) in [5, 5.41) is 0. The lowest BCUT2D eigenvalue weighted by atomic mass is 9.96. The summed E-state index contributed by atoms with van der Waals surface area (Å²) in [5.74, 6) is 0.509. The molecule has 1 fully saturated rings. The van der Waals surface area contributed by atoms with Gasteiger partial charge in [0, 0.05) is 38.2 Å². The smallest absolute Gasteiger partial charge is 0.0521 e. The first kappa shape index (κ1) is 13.1. The first-order valence-corrected chi connectivity index (χ1v) is 7.45. The fourth-order valence-electron chi connectivity index (χ4n) is 3.23. The number of nitrogens with zero attached hydrogens (tertiary/aromatic N) is 1. The van der Waals surface area contributed by atoms with Crippen LogP contribution in [0.3, 0.4) is 0 Å². The normalized spacial score (nSPS) is 28.7. The Morgan fingerprint density at radius 3 is 2.47 bits per heavy atom. The molecule has 1 saturated heterocycles. The van der Waals surface area contributed by atoms with Gasteiger partial charge in [0.1, 0.15) is 0 Å². The van der Waals surface area contributed by atoms with Crippen molar-refractivity contribution in [3.05, 3.63) is 35.4 Å². The summed E-state index contributed by atoms with van der Waals surface area (Å²) >= 11 is 0. The molecule has 1 aromatic rings. The van der Waals surface area contributed by atoms with Crippen molar-refractivity contribution < 1.29 is 4.74 Å². The first-order valence-electron chi connectivity index (χ1n) is 7.45. The number of rotatable bonds is 2. The minimum absolute atomic E-state index is 0.319. The van der Waals surface area contributed by atoms with E-state index in [0.717, 1.165) is 39.3 Å². The Bertz CT molecular complexity index is 394. The highest BCUT2D eigenvalue weighted by Crippen LogP contribution is 2.19. The van der Waals surface area contributed by atoms with Crippen LogP contribution in [0.1, 0.15) is 17.5 Å². The molecule has 0 bridgehead atoms. The van der Waals surface area contributed by atoms with Gasteiger partial charge in [-0.1, -0.05) is 24.3 Å².